The summed E-state index contributed by atoms with van der Waals surface area (Å²) in [5.74, 6) is -0.580. The van der Waals surface area contributed by atoms with Gasteiger partial charge in [-0.05, 0) is 31.2 Å². The molecular weight excluding hydrogens is 354 g/mol. The van der Waals surface area contributed by atoms with Gasteiger partial charge in [-0.3, -0.25) is 4.79 Å². The largest absolute Gasteiger partial charge is 0.497 e. The molecule has 0 fully saturated rings. The number of nitrogens with zero attached hydrogens (tertiary/aromatic N) is 2. The van der Waals surface area contributed by atoms with E-state index in [1.807, 2.05) is 0 Å². The topological polar surface area (TPSA) is 53.4 Å². The monoisotopic (exact) mass is 372 g/mol. The summed E-state index contributed by atoms with van der Waals surface area (Å²) < 4.78 is 40.7. The molecule has 2 aromatic carbocycles. The first-order chi connectivity index (χ1) is 12.9. The zero-order valence-corrected chi connectivity index (χ0v) is 15.3. The van der Waals surface area contributed by atoms with E-state index < -0.39 is 17.2 Å². The molecule has 0 N–H and O–H groups in total. The number of methoxy groups -OCH3 is 2. The molecule has 3 aromatic rings. The smallest absolute Gasteiger partial charge is 0.270 e. The molecule has 0 aliphatic carbocycles. The lowest BCUT2D eigenvalue weighted by atomic mass is 9.95. The van der Waals surface area contributed by atoms with E-state index in [-0.39, 0.29) is 22.4 Å². The second kappa shape index (κ2) is 7.19. The summed E-state index contributed by atoms with van der Waals surface area (Å²) in [4.78, 5) is 12.4. The fourth-order valence-electron chi connectivity index (χ4n) is 2.96. The average Bonchev–Trinajstić information content (AvgIpc) is 2.66. The number of rotatable bonds is 4. The van der Waals surface area contributed by atoms with Gasteiger partial charge in [-0.25, -0.2) is 13.5 Å². The number of aryl methyl sites for hydroxylation is 1. The standard InChI is InChI=1S/C20H18F2N2O3/c1-11-17(18-15(21)6-5-7-16(18)22)19(23-24(2)20(11)25)12-8-13(26-3)10-14(9-12)27-4/h5-10H,1-4H3. The van der Waals surface area contributed by atoms with Crippen LogP contribution in [0.2, 0.25) is 0 Å². The highest BCUT2D eigenvalue weighted by Gasteiger charge is 2.23. The second-order valence-corrected chi connectivity index (χ2v) is 5.98. The van der Waals surface area contributed by atoms with Gasteiger partial charge < -0.3 is 9.47 Å². The van der Waals surface area contributed by atoms with Crippen molar-refractivity contribution in [2.45, 2.75) is 6.92 Å². The van der Waals surface area contributed by atoms with Gasteiger partial charge in [-0.1, -0.05) is 6.07 Å². The molecule has 0 unspecified atom stereocenters. The van der Waals surface area contributed by atoms with Crippen LogP contribution in [0.5, 0.6) is 11.5 Å². The molecule has 0 saturated carbocycles. The third kappa shape index (κ3) is 3.28. The predicted octanol–water partition coefficient (Wildman–Crippen LogP) is 3.72. The van der Waals surface area contributed by atoms with Crippen LogP contribution in [0, 0.1) is 18.6 Å². The van der Waals surface area contributed by atoms with Gasteiger partial charge in [-0.15, -0.1) is 0 Å². The van der Waals surface area contributed by atoms with Gasteiger partial charge >= 0.3 is 0 Å². The summed E-state index contributed by atoms with van der Waals surface area (Å²) in [5.41, 5.74) is 0.305. The molecule has 7 heteroatoms. The number of halogens is 2. The summed E-state index contributed by atoms with van der Waals surface area (Å²) in [6.07, 6.45) is 0. The zero-order valence-electron chi connectivity index (χ0n) is 15.3. The molecule has 0 aliphatic rings. The number of hydrogen-bond acceptors (Lipinski definition) is 4. The Balaban J connectivity index is 2.43. The number of aromatic nitrogens is 2. The third-order valence-electron chi connectivity index (χ3n) is 4.31. The van der Waals surface area contributed by atoms with E-state index in [1.165, 1.54) is 34.3 Å². The molecule has 1 aromatic heterocycles. The van der Waals surface area contributed by atoms with Crippen LogP contribution in [0.25, 0.3) is 22.4 Å². The molecule has 140 valence electrons. The Morgan fingerprint density at radius 2 is 1.52 bits per heavy atom. The van der Waals surface area contributed by atoms with Crippen LogP contribution in [0.4, 0.5) is 8.78 Å². The van der Waals surface area contributed by atoms with Crippen LogP contribution in [0.15, 0.2) is 41.2 Å². The van der Waals surface area contributed by atoms with Gasteiger partial charge in [-0.2, -0.15) is 5.10 Å². The maximum Gasteiger partial charge on any atom is 0.270 e. The van der Waals surface area contributed by atoms with Crippen LogP contribution in [0.1, 0.15) is 5.56 Å². The Morgan fingerprint density at radius 3 is 2.04 bits per heavy atom. The fourth-order valence-corrected chi connectivity index (χ4v) is 2.96. The van der Waals surface area contributed by atoms with Crippen LogP contribution < -0.4 is 15.0 Å². The molecule has 0 bridgehead atoms. The van der Waals surface area contributed by atoms with E-state index in [2.05, 4.69) is 5.10 Å². The first-order valence-corrected chi connectivity index (χ1v) is 8.13. The molecule has 0 aliphatic heterocycles. The summed E-state index contributed by atoms with van der Waals surface area (Å²) in [6.45, 7) is 1.52. The van der Waals surface area contributed by atoms with Gasteiger partial charge in [0, 0.05) is 29.8 Å². The Labute approximate surface area is 154 Å². The van der Waals surface area contributed by atoms with Crippen molar-refractivity contribution in [3.63, 3.8) is 0 Å². The molecule has 0 amide bonds. The van der Waals surface area contributed by atoms with Gasteiger partial charge in [0.15, 0.2) is 0 Å². The molecular formula is C20H18F2N2O3. The van der Waals surface area contributed by atoms with Crippen molar-refractivity contribution in [1.82, 2.24) is 9.78 Å². The van der Waals surface area contributed by atoms with Gasteiger partial charge in [0.05, 0.1) is 25.5 Å². The summed E-state index contributed by atoms with van der Waals surface area (Å²) in [6, 6.07) is 8.55. The van der Waals surface area contributed by atoms with E-state index >= 15 is 0 Å². The van der Waals surface area contributed by atoms with Crippen molar-refractivity contribution < 1.29 is 18.3 Å². The van der Waals surface area contributed by atoms with Crippen LogP contribution in [0.3, 0.4) is 0 Å². The molecule has 0 spiro atoms. The lowest BCUT2D eigenvalue weighted by Crippen LogP contribution is -2.24. The zero-order chi connectivity index (χ0) is 19.7. The highest BCUT2D eigenvalue weighted by Crippen LogP contribution is 2.37. The highest BCUT2D eigenvalue weighted by atomic mass is 19.1. The third-order valence-corrected chi connectivity index (χ3v) is 4.31. The van der Waals surface area contributed by atoms with Crippen molar-refractivity contribution >= 4 is 0 Å². The minimum absolute atomic E-state index is 0.101. The van der Waals surface area contributed by atoms with E-state index in [0.29, 0.717) is 17.1 Å². The number of hydrogen-bond donors (Lipinski definition) is 0. The number of benzene rings is 2. The first kappa shape index (κ1) is 18.6. The Bertz CT molecular complexity index is 1040. The molecule has 0 saturated heterocycles. The summed E-state index contributed by atoms with van der Waals surface area (Å²) >= 11 is 0. The quantitative estimate of drug-likeness (QED) is 0.701. The van der Waals surface area contributed by atoms with Gasteiger partial charge in [0.1, 0.15) is 23.1 Å². The lowest BCUT2D eigenvalue weighted by molar-refractivity contribution is 0.394. The molecule has 5 nitrogen and oxygen atoms in total. The normalized spacial score (nSPS) is 10.7. The van der Waals surface area contributed by atoms with E-state index in [4.69, 9.17) is 9.47 Å². The summed E-state index contributed by atoms with van der Waals surface area (Å²) in [7, 11) is 4.47. The van der Waals surface area contributed by atoms with E-state index in [0.717, 1.165) is 16.8 Å². The second-order valence-electron chi connectivity index (χ2n) is 5.98. The van der Waals surface area contributed by atoms with Gasteiger partial charge in [0.2, 0.25) is 0 Å². The summed E-state index contributed by atoms with van der Waals surface area (Å²) in [5, 5.41) is 4.27. The highest BCUT2D eigenvalue weighted by molar-refractivity contribution is 5.84. The Kier molecular flexibility index (Phi) is 4.94. The van der Waals surface area contributed by atoms with E-state index in [9.17, 15) is 13.6 Å². The number of ether oxygens (including phenoxy) is 2. The molecule has 0 radical (unpaired) electrons. The predicted molar refractivity (Wildman–Crippen MR) is 98.1 cm³/mol. The van der Waals surface area contributed by atoms with Crippen molar-refractivity contribution in [3.8, 4) is 33.9 Å². The Hall–Kier alpha value is -3.22. The van der Waals surface area contributed by atoms with Crippen LogP contribution in [-0.4, -0.2) is 24.0 Å². The first-order valence-electron chi connectivity index (χ1n) is 8.13. The molecule has 3 rings (SSSR count). The SMILES string of the molecule is COc1cc(OC)cc(-c2nn(C)c(=O)c(C)c2-c2c(F)cccc2F)c1. The van der Waals surface area contributed by atoms with E-state index in [1.54, 1.807) is 18.2 Å². The van der Waals surface area contributed by atoms with Crippen molar-refractivity contribution in [3.05, 3.63) is 63.9 Å². The average molecular weight is 372 g/mol. The van der Waals surface area contributed by atoms with Gasteiger partial charge in [0.25, 0.3) is 5.56 Å². The molecule has 1 heterocycles. The van der Waals surface area contributed by atoms with Crippen LogP contribution >= 0.6 is 0 Å². The maximum atomic E-state index is 14.5. The molecule has 0 atom stereocenters. The van der Waals surface area contributed by atoms with Crippen molar-refractivity contribution in [2.75, 3.05) is 14.2 Å². The minimum Gasteiger partial charge on any atom is -0.497 e. The minimum atomic E-state index is -0.774. The fraction of sp³-hybridized carbons (Fsp3) is 0.200. The lowest BCUT2D eigenvalue weighted by Gasteiger charge is -2.16. The maximum absolute atomic E-state index is 14.5. The Morgan fingerprint density at radius 1 is 0.963 bits per heavy atom. The molecule has 27 heavy (non-hydrogen) atoms. The van der Waals surface area contributed by atoms with Crippen molar-refractivity contribution in [2.24, 2.45) is 7.05 Å². The van der Waals surface area contributed by atoms with Crippen LogP contribution in [-0.2, 0) is 7.05 Å². The van der Waals surface area contributed by atoms with Crippen molar-refractivity contribution in [1.29, 1.82) is 0 Å².